The Morgan fingerprint density at radius 2 is 2.04 bits per heavy atom. The smallest absolute Gasteiger partial charge is 0.255 e. The van der Waals surface area contributed by atoms with Gasteiger partial charge in [-0.3, -0.25) is 9.59 Å². The molecule has 0 heterocycles. The standard InChI is InChI=1S/C19H20BrN3O4S/c1-26-17-8-13(6-7-16(17)27-10-18(21)24)9-22-23-19(25)12-28-11-14-4-2-3-5-15(14)20/h2-9H,10-12H2,1H3,(H2,21,24)(H,23,25). The number of hydrogen-bond donors (Lipinski definition) is 2. The van der Waals surface area contributed by atoms with E-state index in [-0.39, 0.29) is 12.5 Å². The lowest BCUT2D eigenvalue weighted by atomic mass is 10.2. The van der Waals surface area contributed by atoms with Gasteiger partial charge in [0.25, 0.3) is 5.91 Å². The van der Waals surface area contributed by atoms with Gasteiger partial charge in [0.05, 0.1) is 19.1 Å². The van der Waals surface area contributed by atoms with Crippen molar-refractivity contribution in [2.45, 2.75) is 5.75 Å². The maximum Gasteiger partial charge on any atom is 0.255 e. The van der Waals surface area contributed by atoms with Gasteiger partial charge in [-0.25, -0.2) is 5.43 Å². The lowest BCUT2D eigenvalue weighted by molar-refractivity contribution is -0.120. The Balaban J connectivity index is 1.82. The van der Waals surface area contributed by atoms with Crippen LogP contribution in [0, 0.1) is 0 Å². The number of rotatable bonds is 10. The van der Waals surface area contributed by atoms with Crippen molar-refractivity contribution < 1.29 is 19.1 Å². The quantitative estimate of drug-likeness (QED) is 0.414. The number of hydrogen-bond acceptors (Lipinski definition) is 6. The number of carbonyl (C=O) groups excluding carboxylic acids is 2. The normalized spacial score (nSPS) is 10.6. The van der Waals surface area contributed by atoms with Crippen LogP contribution in [0.15, 0.2) is 52.0 Å². The second-order valence-corrected chi connectivity index (χ2v) is 7.38. The van der Waals surface area contributed by atoms with Crippen LogP contribution in [0.5, 0.6) is 11.5 Å². The van der Waals surface area contributed by atoms with Crippen molar-refractivity contribution in [3.63, 3.8) is 0 Å². The molecule has 0 fully saturated rings. The minimum Gasteiger partial charge on any atom is -0.493 e. The summed E-state index contributed by atoms with van der Waals surface area (Å²) in [5.41, 5.74) is 9.38. The lowest BCUT2D eigenvalue weighted by Gasteiger charge is -2.09. The highest BCUT2D eigenvalue weighted by Gasteiger charge is 2.07. The maximum atomic E-state index is 11.9. The van der Waals surface area contributed by atoms with Crippen molar-refractivity contribution in [1.29, 1.82) is 0 Å². The van der Waals surface area contributed by atoms with Crippen LogP contribution in [0.4, 0.5) is 0 Å². The number of halogens is 1. The summed E-state index contributed by atoms with van der Waals surface area (Å²) in [4.78, 5) is 22.7. The van der Waals surface area contributed by atoms with E-state index < -0.39 is 5.91 Å². The zero-order valence-corrected chi connectivity index (χ0v) is 17.6. The Labute approximate surface area is 175 Å². The van der Waals surface area contributed by atoms with Crippen molar-refractivity contribution in [3.05, 3.63) is 58.1 Å². The van der Waals surface area contributed by atoms with E-state index in [1.807, 2.05) is 24.3 Å². The SMILES string of the molecule is COc1cc(C=NNC(=O)CSCc2ccccc2Br)ccc1OCC(N)=O. The summed E-state index contributed by atoms with van der Waals surface area (Å²) in [6.45, 7) is -0.239. The van der Waals surface area contributed by atoms with Crippen molar-refractivity contribution in [1.82, 2.24) is 5.43 Å². The Hall–Kier alpha value is -2.52. The van der Waals surface area contributed by atoms with Crippen LogP contribution >= 0.6 is 27.7 Å². The molecule has 0 aliphatic rings. The van der Waals surface area contributed by atoms with Crippen LogP contribution < -0.4 is 20.6 Å². The van der Waals surface area contributed by atoms with E-state index in [4.69, 9.17) is 15.2 Å². The molecule has 0 saturated heterocycles. The molecule has 0 spiro atoms. The number of thioether (sulfide) groups is 1. The van der Waals surface area contributed by atoms with Crippen LogP contribution in [0.3, 0.4) is 0 Å². The second-order valence-electron chi connectivity index (χ2n) is 5.54. The predicted octanol–water partition coefficient (Wildman–Crippen LogP) is 2.71. The van der Waals surface area contributed by atoms with Gasteiger partial charge < -0.3 is 15.2 Å². The van der Waals surface area contributed by atoms with Crippen molar-refractivity contribution in [2.24, 2.45) is 10.8 Å². The molecule has 148 valence electrons. The van der Waals surface area contributed by atoms with Gasteiger partial charge in [0, 0.05) is 10.2 Å². The zero-order chi connectivity index (χ0) is 20.4. The molecule has 0 radical (unpaired) electrons. The monoisotopic (exact) mass is 465 g/mol. The Kier molecular flexibility index (Phi) is 8.83. The summed E-state index contributed by atoms with van der Waals surface area (Å²) in [7, 11) is 1.48. The lowest BCUT2D eigenvalue weighted by Crippen LogP contribution is -2.20. The number of nitrogens with one attached hydrogen (secondary N) is 1. The number of benzene rings is 2. The molecule has 2 rings (SSSR count). The predicted molar refractivity (Wildman–Crippen MR) is 114 cm³/mol. The third-order valence-corrected chi connectivity index (χ3v) is 5.16. The first-order valence-electron chi connectivity index (χ1n) is 8.21. The van der Waals surface area contributed by atoms with Crippen LogP contribution in [0.2, 0.25) is 0 Å². The van der Waals surface area contributed by atoms with Gasteiger partial charge in [-0.05, 0) is 35.4 Å². The summed E-state index contributed by atoms with van der Waals surface area (Å²) in [5.74, 6) is 1.07. The Bertz CT molecular complexity index is 861. The summed E-state index contributed by atoms with van der Waals surface area (Å²) in [6.07, 6.45) is 1.50. The van der Waals surface area contributed by atoms with Gasteiger partial charge in [-0.15, -0.1) is 11.8 Å². The van der Waals surface area contributed by atoms with Crippen molar-refractivity contribution in [3.8, 4) is 11.5 Å². The van der Waals surface area contributed by atoms with E-state index in [1.165, 1.54) is 25.1 Å². The van der Waals surface area contributed by atoms with Crippen LogP contribution in [0.25, 0.3) is 0 Å². The van der Waals surface area contributed by atoms with Gasteiger partial charge in [-0.1, -0.05) is 34.1 Å². The zero-order valence-electron chi connectivity index (χ0n) is 15.2. The topological polar surface area (TPSA) is 103 Å². The minimum atomic E-state index is -0.576. The van der Waals surface area contributed by atoms with E-state index >= 15 is 0 Å². The third-order valence-electron chi connectivity index (χ3n) is 3.41. The molecule has 9 heteroatoms. The molecule has 0 aliphatic carbocycles. The highest BCUT2D eigenvalue weighted by atomic mass is 79.9. The molecular weight excluding hydrogens is 446 g/mol. The first-order valence-corrected chi connectivity index (χ1v) is 10.2. The highest BCUT2D eigenvalue weighted by molar-refractivity contribution is 9.10. The Morgan fingerprint density at radius 1 is 1.25 bits per heavy atom. The van der Waals surface area contributed by atoms with Crippen LogP contribution in [-0.4, -0.2) is 37.5 Å². The molecule has 0 bridgehead atoms. The first kappa shape index (κ1) is 21.8. The van der Waals surface area contributed by atoms with Crippen LogP contribution in [-0.2, 0) is 15.3 Å². The molecule has 2 aromatic rings. The Morgan fingerprint density at radius 3 is 2.75 bits per heavy atom. The molecule has 0 aromatic heterocycles. The average molecular weight is 466 g/mol. The van der Waals surface area contributed by atoms with E-state index in [0.29, 0.717) is 22.8 Å². The van der Waals surface area contributed by atoms with Crippen molar-refractivity contribution in [2.75, 3.05) is 19.5 Å². The number of nitrogens with zero attached hydrogens (tertiary/aromatic N) is 1. The summed E-state index contributed by atoms with van der Waals surface area (Å²) < 4.78 is 11.5. The third kappa shape index (κ3) is 7.24. The molecule has 28 heavy (non-hydrogen) atoms. The van der Waals surface area contributed by atoms with E-state index in [9.17, 15) is 9.59 Å². The summed E-state index contributed by atoms with van der Waals surface area (Å²) in [6, 6.07) is 12.9. The number of amides is 2. The maximum absolute atomic E-state index is 11.9. The molecule has 2 aromatic carbocycles. The fourth-order valence-corrected chi connectivity index (χ4v) is 3.55. The fourth-order valence-electron chi connectivity index (χ4n) is 2.11. The molecule has 0 unspecified atom stereocenters. The number of primary amides is 1. The average Bonchev–Trinajstić information content (AvgIpc) is 2.68. The number of carbonyl (C=O) groups is 2. The number of ether oxygens (including phenoxy) is 2. The van der Waals surface area contributed by atoms with E-state index in [1.54, 1.807) is 18.2 Å². The molecule has 3 N–H and O–H groups in total. The van der Waals surface area contributed by atoms with Gasteiger partial charge in [0.2, 0.25) is 5.91 Å². The first-order chi connectivity index (χ1) is 13.5. The van der Waals surface area contributed by atoms with Gasteiger partial charge in [0.15, 0.2) is 18.1 Å². The number of hydrazone groups is 1. The number of methoxy groups -OCH3 is 1. The molecular formula is C19H20BrN3O4S. The van der Waals surface area contributed by atoms with Gasteiger partial charge >= 0.3 is 0 Å². The minimum absolute atomic E-state index is 0.193. The highest BCUT2D eigenvalue weighted by Crippen LogP contribution is 2.27. The second kappa shape index (κ2) is 11.4. The molecule has 0 atom stereocenters. The fraction of sp³-hybridized carbons (Fsp3) is 0.211. The van der Waals surface area contributed by atoms with Crippen molar-refractivity contribution >= 4 is 45.7 Å². The molecule has 0 aliphatic heterocycles. The number of nitrogens with two attached hydrogens (primary N) is 1. The van der Waals surface area contributed by atoms with E-state index in [2.05, 4.69) is 26.5 Å². The molecule has 2 amide bonds. The largest absolute Gasteiger partial charge is 0.493 e. The van der Waals surface area contributed by atoms with Gasteiger partial charge in [0.1, 0.15) is 0 Å². The van der Waals surface area contributed by atoms with Crippen LogP contribution in [0.1, 0.15) is 11.1 Å². The molecule has 7 nitrogen and oxygen atoms in total. The molecule has 0 saturated carbocycles. The summed E-state index contributed by atoms with van der Waals surface area (Å²) in [5, 5.41) is 3.95. The van der Waals surface area contributed by atoms with E-state index in [0.717, 1.165) is 15.8 Å². The van der Waals surface area contributed by atoms with Gasteiger partial charge in [-0.2, -0.15) is 5.10 Å². The summed E-state index contributed by atoms with van der Waals surface area (Å²) >= 11 is 4.99.